The molecule has 1 aromatic heterocycles. The van der Waals surface area contributed by atoms with E-state index in [1.807, 2.05) is 55.6 Å². The monoisotopic (exact) mass is 421 g/mol. The number of nitrogens with zero attached hydrogens (tertiary/aromatic N) is 3. The van der Waals surface area contributed by atoms with Gasteiger partial charge in [0.1, 0.15) is 36.1 Å². The number of piperidine rings is 1. The first-order chi connectivity index (χ1) is 15.1. The summed E-state index contributed by atoms with van der Waals surface area (Å²) in [7, 11) is 0. The predicted molar refractivity (Wildman–Crippen MR) is 120 cm³/mol. The summed E-state index contributed by atoms with van der Waals surface area (Å²) in [5.74, 6) is 2.66. The maximum atomic E-state index is 11.0. The number of ether oxygens (including phenoxy) is 2. The summed E-state index contributed by atoms with van der Waals surface area (Å²) in [6.45, 7) is 6.10. The Labute approximate surface area is 184 Å². The number of aromatic nitrogens is 2. The normalized spacial score (nSPS) is 19.3. The van der Waals surface area contributed by atoms with Crippen molar-refractivity contribution in [2.24, 2.45) is 0 Å². The molecule has 0 radical (unpaired) electrons. The smallest absolute Gasteiger partial charge is 0.119 e. The van der Waals surface area contributed by atoms with E-state index < -0.39 is 5.60 Å². The quantitative estimate of drug-likeness (QED) is 0.571. The molecule has 0 unspecified atom stereocenters. The first-order valence-corrected chi connectivity index (χ1v) is 10.9. The molecule has 0 bridgehead atoms. The zero-order valence-corrected chi connectivity index (χ0v) is 18.1. The Morgan fingerprint density at radius 3 is 2.55 bits per heavy atom. The zero-order chi connectivity index (χ0) is 21.5. The molecule has 1 atom stereocenters. The Morgan fingerprint density at radius 2 is 1.81 bits per heavy atom. The standard InChI is InChI=1S/C25H31N3O3/c1-21-26-13-15-28(21)16-17-30-24-10-8-22(9-11-24)18-27-14-5-12-25(29,19-27)20-31-23-6-3-2-4-7-23/h2-4,6-11,13,15,29H,5,12,14,16-20H2,1H3/t25-/m1/s1. The number of benzene rings is 2. The summed E-state index contributed by atoms with van der Waals surface area (Å²) in [6, 6.07) is 17.9. The molecule has 3 aromatic rings. The zero-order valence-electron chi connectivity index (χ0n) is 18.1. The molecular formula is C25H31N3O3. The highest BCUT2D eigenvalue weighted by Crippen LogP contribution is 2.24. The van der Waals surface area contributed by atoms with Gasteiger partial charge in [-0.25, -0.2) is 4.98 Å². The average Bonchev–Trinajstić information content (AvgIpc) is 3.19. The molecule has 1 N–H and O–H groups in total. The predicted octanol–water partition coefficient (Wildman–Crippen LogP) is 3.68. The number of para-hydroxylation sites is 1. The highest BCUT2D eigenvalue weighted by molar-refractivity contribution is 5.27. The van der Waals surface area contributed by atoms with Gasteiger partial charge < -0.3 is 19.1 Å². The molecule has 0 amide bonds. The third kappa shape index (κ3) is 6.09. The van der Waals surface area contributed by atoms with Crippen molar-refractivity contribution in [3.63, 3.8) is 0 Å². The summed E-state index contributed by atoms with van der Waals surface area (Å²) in [5.41, 5.74) is 0.397. The summed E-state index contributed by atoms with van der Waals surface area (Å²) in [4.78, 5) is 6.52. The number of aryl methyl sites for hydroxylation is 1. The average molecular weight is 422 g/mol. The second kappa shape index (κ2) is 9.98. The second-order valence-electron chi connectivity index (χ2n) is 8.30. The fraction of sp³-hybridized carbons (Fsp3) is 0.400. The second-order valence-corrected chi connectivity index (χ2v) is 8.30. The fourth-order valence-corrected chi connectivity index (χ4v) is 4.04. The van der Waals surface area contributed by atoms with Crippen LogP contribution < -0.4 is 9.47 Å². The van der Waals surface area contributed by atoms with Gasteiger partial charge >= 0.3 is 0 Å². The minimum atomic E-state index is -0.817. The summed E-state index contributed by atoms with van der Waals surface area (Å²) < 4.78 is 13.8. The van der Waals surface area contributed by atoms with Crippen LogP contribution in [0.25, 0.3) is 0 Å². The van der Waals surface area contributed by atoms with Gasteiger partial charge in [0.25, 0.3) is 0 Å². The topological polar surface area (TPSA) is 59.8 Å². The molecule has 31 heavy (non-hydrogen) atoms. The lowest BCUT2D eigenvalue weighted by Crippen LogP contribution is -2.51. The molecule has 0 aliphatic carbocycles. The third-order valence-corrected chi connectivity index (χ3v) is 5.74. The van der Waals surface area contributed by atoms with E-state index in [0.717, 1.165) is 49.8 Å². The summed E-state index contributed by atoms with van der Waals surface area (Å²) in [5, 5.41) is 11.0. The first kappa shape index (κ1) is 21.4. The van der Waals surface area contributed by atoms with E-state index in [0.29, 0.717) is 19.8 Å². The minimum absolute atomic E-state index is 0.316. The number of likely N-dealkylation sites (tertiary alicyclic amines) is 1. The van der Waals surface area contributed by atoms with Gasteiger partial charge in [-0.2, -0.15) is 0 Å². The molecule has 6 nitrogen and oxygen atoms in total. The van der Waals surface area contributed by atoms with E-state index >= 15 is 0 Å². The molecular weight excluding hydrogens is 390 g/mol. The van der Waals surface area contributed by atoms with E-state index in [1.165, 1.54) is 5.56 Å². The van der Waals surface area contributed by atoms with Gasteiger partial charge in [0.2, 0.25) is 0 Å². The Hall–Kier alpha value is -2.83. The molecule has 6 heteroatoms. The SMILES string of the molecule is Cc1nccn1CCOc1ccc(CN2CCC[C@](O)(COc3ccccc3)C2)cc1. The van der Waals surface area contributed by atoms with Crippen LogP contribution in [0.1, 0.15) is 24.2 Å². The molecule has 0 spiro atoms. The van der Waals surface area contributed by atoms with E-state index in [-0.39, 0.29) is 0 Å². The Balaban J connectivity index is 1.25. The van der Waals surface area contributed by atoms with Crippen molar-refractivity contribution in [2.75, 3.05) is 26.3 Å². The van der Waals surface area contributed by atoms with Crippen LogP contribution in [0, 0.1) is 6.92 Å². The van der Waals surface area contributed by atoms with Gasteiger partial charge in [0.15, 0.2) is 0 Å². The van der Waals surface area contributed by atoms with Crippen LogP contribution >= 0.6 is 0 Å². The fourth-order valence-electron chi connectivity index (χ4n) is 4.04. The van der Waals surface area contributed by atoms with Gasteiger partial charge in [-0.05, 0) is 56.1 Å². The largest absolute Gasteiger partial charge is 0.492 e. The minimum Gasteiger partial charge on any atom is -0.492 e. The van der Waals surface area contributed by atoms with Crippen molar-refractivity contribution >= 4 is 0 Å². The van der Waals surface area contributed by atoms with Gasteiger partial charge in [0.05, 0.1) is 6.54 Å². The number of β-amino-alcohol motifs (C(OH)–C–C–N with tert-alkyl or cyclic N) is 1. The number of rotatable bonds is 9. The maximum absolute atomic E-state index is 11.0. The van der Waals surface area contributed by atoms with Gasteiger partial charge in [0, 0.05) is 25.5 Å². The lowest BCUT2D eigenvalue weighted by molar-refractivity contribution is -0.0621. The Kier molecular flexibility index (Phi) is 6.89. The lowest BCUT2D eigenvalue weighted by atomic mass is 9.93. The van der Waals surface area contributed by atoms with Crippen molar-refractivity contribution < 1.29 is 14.6 Å². The molecule has 1 aliphatic rings. The highest BCUT2D eigenvalue weighted by atomic mass is 16.5. The number of hydrogen-bond acceptors (Lipinski definition) is 5. The van der Waals surface area contributed by atoms with Crippen molar-refractivity contribution in [3.05, 3.63) is 78.4 Å². The van der Waals surface area contributed by atoms with Crippen LogP contribution in [-0.4, -0.2) is 51.5 Å². The molecule has 2 aromatic carbocycles. The molecule has 1 aliphatic heterocycles. The van der Waals surface area contributed by atoms with E-state index in [9.17, 15) is 5.11 Å². The molecule has 164 valence electrons. The molecule has 1 saturated heterocycles. The van der Waals surface area contributed by atoms with Crippen LogP contribution in [0.15, 0.2) is 67.0 Å². The maximum Gasteiger partial charge on any atom is 0.119 e. The van der Waals surface area contributed by atoms with Gasteiger partial charge in [-0.1, -0.05) is 30.3 Å². The van der Waals surface area contributed by atoms with Crippen molar-refractivity contribution in [1.82, 2.24) is 14.5 Å². The number of hydrogen-bond donors (Lipinski definition) is 1. The van der Waals surface area contributed by atoms with Crippen LogP contribution in [0.4, 0.5) is 0 Å². The molecule has 0 saturated carbocycles. The first-order valence-electron chi connectivity index (χ1n) is 10.9. The Bertz CT molecular complexity index is 942. The van der Waals surface area contributed by atoms with E-state index in [1.54, 1.807) is 6.20 Å². The highest BCUT2D eigenvalue weighted by Gasteiger charge is 2.34. The van der Waals surface area contributed by atoms with Crippen LogP contribution in [-0.2, 0) is 13.1 Å². The van der Waals surface area contributed by atoms with Crippen LogP contribution in [0.2, 0.25) is 0 Å². The summed E-state index contributed by atoms with van der Waals surface area (Å²) in [6.07, 6.45) is 5.50. The van der Waals surface area contributed by atoms with Crippen LogP contribution in [0.5, 0.6) is 11.5 Å². The number of imidazole rings is 1. The third-order valence-electron chi connectivity index (χ3n) is 5.74. The van der Waals surface area contributed by atoms with Gasteiger partial charge in [-0.15, -0.1) is 0 Å². The molecule has 4 rings (SSSR count). The van der Waals surface area contributed by atoms with Crippen molar-refractivity contribution in [3.8, 4) is 11.5 Å². The van der Waals surface area contributed by atoms with Gasteiger partial charge in [-0.3, -0.25) is 4.90 Å². The van der Waals surface area contributed by atoms with Crippen LogP contribution in [0.3, 0.4) is 0 Å². The van der Waals surface area contributed by atoms with E-state index in [2.05, 4.69) is 26.6 Å². The molecule has 1 fully saturated rings. The summed E-state index contributed by atoms with van der Waals surface area (Å²) >= 11 is 0. The van der Waals surface area contributed by atoms with E-state index in [4.69, 9.17) is 9.47 Å². The number of aliphatic hydroxyl groups is 1. The lowest BCUT2D eigenvalue weighted by Gasteiger charge is -2.39. The van der Waals surface area contributed by atoms with Crippen molar-refractivity contribution in [1.29, 1.82) is 0 Å². The Morgan fingerprint density at radius 1 is 1.03 bits per heavy atom. The van der Waals surface area contributed by atoms with Crippen molar-refractivity contribution in [2.45, 2.75) is 38.5 Å². The molecule has 2 heterocycles.